The van der Waals surface area contributed by atoms with Crippen molar-refractivity contribution in [3.8, 4) is 5.75 Å². The van der Waals surface area contributed by atoms with E-state index in [0.717, 1.165) is 88.4 Å². The molecule has 1 fully saturated rings. The van der Waals surface area contributed by atoms with Gasteiger partial charge in [0, 0.05) is 58.3 Å². The second-order valence-electron chi connectivity index (χ2n) is 7.44. The molecule has 1 aliphatic heterocycles. The van der Waals surface area contributed by atoms with Crippen LogP contribution in [0.5, 0.6) is 5.75 Å². The summed E-state index contributed by atoms with van der Waals surface area (Å²) in [6, 6.07) is 12.0. The molecule has 1 saturated heterocycles. The summed E-state index contributed by atoms with van der Waals surface area (Å²) < 4.78 is 16.4. The molecule has 2 heterocycles. The molecule has 0 unspecified atom stereocenters. The van der Waals surface area contributed by atoms with E-state index >= 15 is 0 Å². The number of hydrogen-bond donors (Lipinski definition) is 1. The number of aliphatic imine (C=N–C) groups is 1. The predicted octanol–water partition coefficient (Wildman–Crippen LogP) is 2.63. The maximum absolute atomic E-state index is 5.51. The molecule has 0 saturated carbocycles. The lowest BCUT2D eigenvalue weighted by Gasteiger charge is -2.26. The van der Waals surface area contributed by atoms with Gasteiger partial charge in [-0.05, 0) is 24.6 Å². The third kappa shape index (κ3) is 7.07. The number of methoxy groups -OCH3 is 1. The van der Waals surface area contributed by atoms with Crippen LogP contribution >= 0.6 is 0 Å². The summed E-state index contributed by atoms with van der Waals surface area (Å²) in [5.41, 5.74) is 1.14. The molecule has 0 atom stereocenters. The Labute approximate surface area is 179 Å². The first-order valence-corrected chi connectivity index (χ1v) is 10.7. The van der Waals surface area contributed by atoms with Gasteiger partial charge in [0.2, 0.25) is 0 Å². The number of ether oxygens (including phenoxy) is 2. The predicted molar refractivity (Wildman–Crippen MR) is 119 cm³/mol. The molecule has 30 heavy (non-hydrogen) atoms. The summed E-state index contributed by atoms with van der Waals surface area (Å²) >= 11 is 0. The fraction of sp³-hybridized carbons (Fsp3) is 0.522. The number of para-hydroxylation sites is 1. The highest BCUT2D eigenvalue weighted by atomic mass is 16.5. The van der Waals surface area contributed by atoms with Gasteiger partial charge in [0.15, 0.2) is 5.96 Å². The number of nitrogens with zero attached hydrogens (tertiary/aromatic N) is 3. The van der Waals surface area contributed by atoms with Gasteiger partial charge < -0.3 is 24.1 Å². The Kier molecular flexibility index (Phi) is 9.05. The third-order valence-corrected chi connectivity index (χ3v) is 5.19. The van der Waals surface area contributed by atoms with Gasteiger partial charge >= 0.3 is 0 Å². The zero-order valence-corrected chi connectivity index (χ0v) is 18.2. The van der Waals surface area contributed by atoms with Crippen molar-refractivity contribution in [3.63, 3.8) is 0 Å². The minimum atomic E-state index is 0.722. The minimum Gasteiger partial charge on any atom is -0.496 e. The molecule has 0 bridgehead atoms. The molecule has 1 aliphatic rings. The van der Waals surface area contributed by atoms with Crippen molar-refractivity contribution in [1.82, 2.24) is 15.1 Å². The van der Waals surface area contributed by atoms with E-state index in [-0.39, 0.29) is 0 Å². The standard InChI is InChI=1S/C23H34N4O3/c1-26(19-20-7-3-4-9-22(20)28-2)23(25-12-10-21-8-5-16-30-21)24-11-6-13-27-14-17-29-18-15-27/h3-5,7-9,16H,6,10-15,17-19H2,1-2H3,(H,24,25). The van der Waals surface area contributed by atoms with Crippen molar-refractivity contribution in [1.29, 1.82) is 0 Å². The van der Waals surface area contributed by atoms with Gasteiger partial charge in [0.1, 0.15) is 11.5 Å². The molecule has 0 radical (unpaired) electrons. The molecule has 7 heteroatoms. The van der Waals surface area contributed by atoms with E-state index in [2.05, 4.69) is 28.2 Å². The summed E-state index contributed by atoms with van der Waals surface area (Å²) in [6.45, 7) is 7.05. The molecular formula is C23H34N4O3. The highest BCUT2D eigenvalue weighted by Crippen LogP contribution is 2.18. The number of guanidine groups is 1. The second kappa shape index (κ2) is 12.2. The highest BCUT2D eigenvalue weighted by molar-refractivity contribution is 5.79. The molecule has 1 N–H and O–H groups in total. The van der Waals surface area contributed by atoms with E-state index in [4.69, 9.17) is 18.9 Å². The van der Waals surface area contributed by atoms with E-state index in [1.165, 1.54) is 0 Å². The van der Waals surface area contributed by atoms with Crippen molar-refractivity contribution < 1.29 is 13.9 Å². The van der Waals surface area contributed by atoms with Crippen LogP contribution in [0.2, 0.25) is 0 Å². The highest BCUT2D eigenvalue weighted by Gasteiger charge is 2.12. The van der Waals surface area contributed by atoms with Crippen molar-refractivity contribution in [2.24, 2.45) is 4.99 Å². The molecule has 3 rings (SSSR count). The lowest BCUT2D eigenvalue weighted by atomic mass is 10.2. The van der Waals surface area contributed by atoms with Crippen LogP contribution in [-0.4, -0.2) is 75.9 Å². The van der Waals surface area contributed by atoms with Crippen LogP contribution in [0.25, 0.3) is 0 Å². The number of furan rings is 1. The number of rotatable bonds is 10. The Morgan fingerprint density at radius 3 is 2.80 bits per heavy atom. The quantitative estimate of drug-likeness (QED) is 0.366. The zero-order chi connectivity index (χ0) is 21.0. The summed E-state index contributed by atoms with van der Waals surface area (Å²) in [5, 5.41) is 3.50. The van der Waals surface area contributed by atoms with Crippen molar-refractivity contribution in [2.45, 2.75) is 19.4 Å². The molecule has 7 nitrogen and oxygen atoms in total. The van der Waals surface area contributed by atoms with Crippen molar-refractivity contribution in [3.05, 3.63) is 54.0 Å². The van der Waals surface area contributed by atoms with Crippen LogP contribution < -0.4 is 10.1 Å². The van der Waals surface area contributed by atoms with Gasteiger partial charge in [-0.3, -0.25) is 9.89 Å². The lowest BCUT2D eigenvalue weighted by molar-refractivity contribution is 0.0377. The first kappa shape index (κ1) is 22.2. The van der Waals surface area contributed by atoms with Gasteiger partial charge in [0.25, 0.3) is 0 Å². The smallest absolute Gasteiger partial charge is 0.193 e. The summed E-state index contributed by atoms with van der Waals surface area (Å²) in [5.74, 6) is 2.77. The van der Waals surface area contributed by atoms with Crippen LogP contribution in [0.1, 0.15) is 17.7 Å². The number of nitrogens with one attached hydrogen (secondary N) is 1. The summed E-state index contributed by atoms with van der Waals surface area (Å²) in [4.78, 5) is 9.47. The average Bonchev–Trinajstić information content (AvgIpc) is 3.30. The summed E-state index contributed by atoms with van der Waals surface area (Å²) in [6.07, 6.45) is 3.57. The van der Waals surface area contributed by atoms with E-state index in [1.54, 1.807) is 13.4 Å². The van der Waals surface area contributed by atoms with Crippen LogP contribution in [0, 0.1) is 0 Å². The maximum Gasteiger partial charge on any atom is 0.193 e. The average molecular weight is 415 g/mol. The Morgan fingerprint density at radius 1 is 1.20 bits per heavy atom. The first-order chi connectivity index (χ1) is 14.8. The van der Waals surface area contributed by atoms with Crippen molar-refractivity contribution >= 4 is 5.96 Å². The van der Waals surface area contributed by atoms with E-state index in [9.17, 15) is 0 Å². The second-order valence-corrected chi connectivity index (χ2v) is 7.44. The molecule has 0 spiro atoms. The van der Waals surface area contributed by atoms with E-state index in [1.807, 2.05) is 30.3 Å². The SMILES string of the molecule is COc1ccccc1CN(C)C(=NCCCN1CCOCC1)NCCc1ccco1. The molecule has 1 aromatic carbocycles. The molecule has 0 amide bonds. The Bertz CT molecular complexity index is 758. The number of benzene rings is 1. The van der Waals surface area contributed by atoms with Gasteiger partial charge in [-0.25, -0.2) is 0 Å². The largest absolute Gasteiger partial charge is 0.496 e. The Hall–Kier alpha value is -2.51. The maximum atomic E-state index is 5.51. The minimum absolute atomic E-state index is 0.722. The van der Waals surface area contributed by atoms with Crippen molar-refractivity contribution in [2.75, 3.05) is 60.1 Å². The molecular weight excluding hydrogens is 380 g/mol. The Morgan fingerprint density at radius 2 is 2.03 bits per heavy atom. The van der Waals surface area contributed by atoms with Crippen LogP contribution in [0.15, 0.2) is 52.1 Å². The molecule has 164 valence electrons. The molecule has 0 aliphatic carbocycles. The monoisotopic (exact) mass is 414 g/mol. The Balaban J connectivity index is 1.56. The van der Waals surface area contributed by atoms with Gasteiger partial charge in [-0.1, -0.05) is 18.2 Å². The fourth-order valence-electron chi connectivity index (χ4n) is 3.53. The fourth-order valence-corrected chi connectivity index (χ4v) is 3.53. The van der Waals surface area contributed by atoms with E-state index < -0.39 is 0 Å². The third-order valence-electron chi connectivity index (χ3n) is 5.19. The molecule has 1 aromatic heterocycles. The van der Waals surface area contributed by atoms with Gasteiger partial charge in [0.05, 0.1) is 26.6 Å². The van der Waals surface area contributed by atoms with Gasteiger partial charge in [-0.15, -0.1) is 0 Å². The van der Waals surface area contributed by atoms with Crippen LogP contribution in [0.4, 0.5) is 0 Å². The first-order valence-electron chi connectivity index (χ1n) is 10.7. The van der Waals surface area contributed by atoms with Gasteiger partial charge in [-0.2, -0.15) is 0 Å². The van der Waals surface area contributed by atoms with Crippen LogP contribution in [-0.2, 0) is 17.7 Å². The normalized spacial score (nSPS) is 15.2. The van der Waals surface area contributed by atoms with E-state index in [0.29, 0.717) is 0 Å². The number of hydrogen-bond acceptors (Lipinski definition) is 5. The zero-order valence-electron chi connectivity index (χ0n) is 18.2. The van der Waals surface area contributed by atoms with Crippen LogP contribution in [0.3, 0.4) is 0 Å². The number of morpholine rings is 1. The molecule has 2 aromatic rings. The lowest BCUT2D eigenvalue weighted by Crippen LogP contribution is -2.40. The summed E-state index contributed by atoms with van der Waals surface area (Å²) in [7, 11) is 3.77. The topological polar surface area (TPSA) is 62.5 Å².